The summed E-state index contributed by atoms with van der Waals surface area (Å²) in [5, 5.41) is 0. The van der Waals surface area contributed by atoms with Crippen LogP contribution in [-0.4, -0.2) is 13.0 Å². The molecule has 72 valence electrons. The van der Waals surface area contributed by atoms with Crippen LogP contribution in [0, 0.1) is 5.92 Å². The smallest absolute Gasteiger partial charge is 0.327 e. The highest BCUT2D eigenvalue weighted by Crippen LogP contribution is 2.25. The van der Waals surface area contributed by atoms with Crippen LogP contribution in [-0.2, 0) is 4.65 Å². The second kappa shape index (κ2) is 4.01. The van der Waals surface area contributed by atoms with Crippen LogP contribution in [0.25, 0.3) is 0 Å². The Morgan fingerprint density at radius 2 is 2.14 bits per heavy atom. The molecule has 0 bridgehead atoms. The molecular formula is C12H15BO. The van der Waals surface area contributed by atoms with Gasteiger partial charge in [-0.3, -0.25) is 0 Å². The topological polar surface area (TPSA) is 9.23 Å². The molecule has 1 aromatic carbocycles. The van der Waals surface area contributed by atoms with Gasteiger partial charge in [0.05, 0.1) is 0 Å². The highest BCUT2D eigenvalue weighted by molar-refractivity contribution is 6.68. The van der Waals surface area contributed by atoms with E-state index >= 15 is 0 Å². The minimum Gasteiger partial charge on any atom is -0.428 e. The Labute approximate surface area is 85.9 Å². The average Bonchev–Trinajstić information content (AvgIpc) is 2.61. The van der Waals surface area contributed by atoms with Crippen LogP contribution < -0.4 is 5.46 Å². The Kier molecular flexibility index (Phi) is 2.73. The van der Waals surface area contributed by atoms with E-state index in [1.54, 1.807) is 0 Å². The van der Waals surface area contributed by atoms with Crippen molar-refractivity contribution in [3.63, 3.8) is 0 Å². The maximum absolute atomic E-state index is 5.88. The van der Waals surface area contributed by atoms with Gasteiger partial charge in [0.15, 0.2) is 0 Å². The monoisotopic (exact) mass is 186 g/mol. The van der Waals surface area contributed by atoms with Crippen LogP contribution in [0.15, 0.2) is 43.0 Å². The summed E-state index contributed by atoms with van der Waals surface area (Å²) in [4.78, 5) is 0. The molecule has 1 saturated heterocycles. The number of benzene rings is 1. The van der Waals surface area contributed by atoms with Crippen molar-refractivity contribution in [1.29, 1.82) is 0 Å². The van der Waals surface area contributed by atoms with Crippen LogP contribution >= 0.6 is 0 Å². The predicted octanol–water partition coefficient (Wildman–Crippen LogP) is 2.11. The summed E-state index contributed by atoms with van der Waals surface area (Å²) >= 11 is 0. The Bertz CT molecular complexity index is 309. The van der Waals surface area contributed by atoms with E-state index in [2.05, 4.69) is 37.8 Å². The van der Waals surface area contributed by atoms with Crippen molar-refractivity contribution in [3.05, 3.63) is 43.0 Å². The van der Waals surface area contributed by atoms with Crippen molar-refractivity contribution >= 4 is 12.4 Å². The fraction of sp³-hybridized carbons (Fsp3) is 0.333. The third-order valence-corrected chi connectivity index (χ3v) is 2.94. The fourth-order valence-corrected chi connectivity index (χ4v) is 2.02. The molecule has 14 heavy (non-hydrogen) atoms. The van der Waals surface area contributed by atoms with Crippen molar-refractivity contribution in [1.82, 2.24) is 0 Å². The minimum absolute atomic E-state index is 0.259. The summed E-state index contributed by atoms with van der Waals surface area (Å²) in [6.45, 7) is 6.22. The van der Waals surface area contributed by atoms with Gasteiger partial charge in [0.1, 0.15) is 0 Å². The lowest BCUT2D eigenvalue weighted by Gasteiger charge is -2.09. The highest BCUT2D eigenvalue weighted by Gasteiger charge is 2.34. The first-order chi connectivity index (χ1) is 6.81. The van der Waals surface area contributed by atoms with Gasteiger partial charge < -0.3 is 4.65 Å². The van der Waals surface area contributed by atoms with Gasteiger partial charge in [0, 0.05) is 6.10 Å². The van der Waals surface area contributed by atoms with E-state index in [-0.39, 0.29) is 6.92 Å². The standard InChI is InChI=1S/C12H15BO/c1-3-11-9-13(14-10(11)2)12-7-5-4-6-8-12/h3-8,10-11H,1,9H2,2H3/t10-,11-/m1/s1. The molecule has 1 nitrogen and oxygen atoms in total. The molecule has 0 N–H and O–H groups in total. The Hall–Kier alpha value is -1.02. The first kappa shape index (κ1) is 9.54. The van der Waals surface area contributed by atoms with Crippen molar-refractivity contribution in [2.75, 3.05) is 0 Å². The summed E-state index contributed by atoms with van der Waals surface area (Å²) in [5.74, 6) is 0.500. The molecule has 2 atom stereocenters. The molecule has 0 aliphatic carbocycles. The van der Waals surface area contributed by atoms with Crippen molar-refractivity contribution in [3.8, 4) is 0 Å². The molecule has 1 aliphatic rings. The lowest BCUT2D eigenvalue weighted by atomic mass is 9.58. The summed E-state index contributed by atoms with van der Waals surface area (Å²) in [7, 11) is 0. The highest BCUT2D eigenvalue weighted by atomic mass is 16.5. The van der Waals surface area contributed by atoms with E-state index in [4.69, 9.17) is 4.65 Å². The van der Waals surface area contributed by atoms with E-state index in [9.17, 15) is 0 Å². The molecule has 2 rings (SSSR count). The molecule has 1 aromatic rings. The van der Waals surface area contributed by atoms with Gasteiger partial charge in [-0.15, -0.1) is 6.58 Å². The molecule has 2 heteroatoms. The molecule has 1 aliphatic heterocycles. The summed E-state index contributed by atoms with van der Waals surface area (Å²) in [6.07, 6.45) is 3.38. The van der Waals surface area contributed by atoms with Gasteiger partial charge in [-0.05, 0) is 24.6 Å². The molecule has 0 saturated carbocycles. The van der Waals surface area contributed by atoms with Crippen LogP contribution in [0.4, 0.5) is 0 Å². The molecule has 1 fully saturated rings. The molecule has 0 radical (unpaired) electrons. The summed E-state index contributed by atoms with van der Waals surface area (Å²) < 4.78 is 5.88. The van der Waals surface area contributed by atoms with Gasteiger partial charge in [-0.1, -0.05) is 36.4 Å². The lowest BCUT2D eigenvalue weighted by Crippen LogP contribution is -2.29. The third kappa shape index (κ3) is 1.75. The van der Waals surface area contributed by atoms with Gasteiger partial charge in [-0.2, -0.15) is 0 Å². The SMILES string of the molecule is C=C[C@@H]1CB(c2ccccc2)O[C@@H]1C. The zero-order valence-electron chi connectivity index (χ0n) is 8.52. The largest absolute Gasteiger partial charge is 0.428 e. The van der Waals surface area contributed by atoms with E-state index in [1.807, 2.05) is 12.1 Å². The van der Waals surface area contributed by atoms with Gasteiger partial charge in [0.25, 0.3) is 0 Å². The molecule has 0 amide bonds. The van der Waals surface area contributed by atoms with Gasteiger partial charge in [-0.25, -0.2) is 0 Å². The van der Waals surface area contributed by atoms with Crippen LogP contribution in [0.3, 0.4) is 0 Å². The quantitative estimate of drug-likeness (QED) is 0.507. The summed E-state index contributed by atoms with van der Waals surface area (Å²) in [6, 6.07) is 10.4. The van der Waals surface area contributed by atoms with Crippen LogP contribution in [0.5, 0.6) is 0 Å². The fourth-order valence-electron chi connectivity index (χ4n) is 2.02. The van der Waals surface area contributed by atoms with E-state index in [0.29, 0.717) is 12.0 Å². The minimum atomic E-state index is 0.259. The first-order valence-electron chi connectivity index (χ1n) is 5.14. The van der Waals surface area contributed by atoms with Gasteiger partial charge in [0.2, 0.25) is 0 Å². The first-order valence-corrected chi connectivity index (χ1v) is 5.14. The van der Waals surface area contributed by atoms with E-state index in [0.717, 1.165) is 6.32 Å². The number of hydrogen-bond acceptors (Lipinski definition) is 1. The molecule has 0 unspecified atom stereocenters. The average molecular weight is 186 g/mol. The maximum Gasteiger partial charge on any atom is 0.327 e. The van der Waals surface area contributed by atoms with E-state index < -0.39 is 0 Å². The normalized spacial score (nSPS) is 26.5. The zero-order chi connectivity index (χ0) is 9.97. The Morgan fingerprint density at radius 3 is 2.71 bits per heavy atom. The van der Waals surface area contributed by atoms with Crippen molar-refractivity contribution in [2.24, 2.45) is 5.92 Å². The molecule has 0 spiro atoms. The molecule has 0 aromatic heterocycles. The maximum atomic E-state index is 5.88. The second-order valence-corrected chi connectivity index (χ2v) is 3.88. The Balaban J connectivity index is 2.12. The van der Waals surface area contributed by atoms with Crippen LogP contribution in [0.1, 0.15) is 6.92 Å². The van der Waals surface area contributed by atoms with E-state index in [1.165, 1.54) is 5.46 Å². The summed E-state index contributed by atoms with van der Waals surface area (Å²) in [5.41, 5.74) is 1.28. The Morgan fingerprint density at radius 1 is 1.43 bits per heavy atom. The number of hydrogen-bond donors (Lipinski definition) is 0. The molecular weight excluding hydrogens is 171 g/mol. The van der Waals surface area contributed by atoms with Gasteiger partial charge >= 0.3 is 6.92 Å². The predicted molar refractivity (Wildman–Crippen MR) is 60.9 cm³/mol. The zero-order valence-corrected chi connectivity index (χ0v) is 8.52. The second-order valence-electron chi connectivity index (χ2n) is 3.88. The lowest BCUT2D eigenvalue weighted by molar-refractivity contribution is 0.228. The third-order valence-electron chi connectivity index (χ3n) is 2.94. The van der Waals surface area contributed by atoms with Crippen molar-refractivity contribution < 1.29 is 4.65 Å². The van der Waals surface area contributed by atoms with Crippen LogP contribution in [0.2, 0.25) is 6.32 Å². The number of rotatable bonds is 2. The molecule has 1 heterocycles. The van der Waals surface area contributed by atoms with Crippen molar-refractivity contribution in [2.45, 2.75) is 19.3 Å².